The van der Waals surface area contributed by atoms with Crippen LogP contribution in [0.5, 0.6) is 0 Å². The third kappa shape index (κ3) is 2.13. The zero-order chi connectivity index (χ0) is 5.86. The van der Waals surface area contributed by atoms with E-state index in [1.807, 2.05) is 0 Å². The van der Waals surface area contributed by atoms with Gasteiger partial charge >= 0.3 is 0 Å². The molecule has 0 saturated heterocycles. The molecular weight excluding hydrogens is 94.1 g/mol. The zero-order valence-electron chi connectivity index (χ0n) is 4.16. The summed E-state index contributed by atoms with van der Waals surface area (Å²) in [5, 5.41) is 0.889. The molecule has 0 aromatic heterocycles. The lowest BCUT2D eigenvalue weighted by Crippen LogP contribution is -2.43. The van der Waals surface area contributed by atoms with E-state index in [-0.39, 0.29) is 0 Å². The van der Waals surface area contributed by atoms with Gasteiger partial charge in [0.1, 0.15) is 0 Å². The van der Waals surface area contributed by atoms with Gasteiger partial charge in [0.05, 0.1) is 6.17 Å². The molecule has 4 nitrogen and oxygen atoms in total. The van der Waals surface area contributed by atoms with Gasteiger partial charge in [0.15, 0.2) is 0 Å². The van der Waals surface area contributed by atoms with Gasteiger partial charge in [-0.15, -0.1) is 0 Å². The first-order valence-electron chi connectivity index (χ1n) is 1.92. The van der Waals surface area contributed by atoms with Crippen LogP contribution in [0.3, 0.4) is 0 Å². The van der Waals surface area contributed by atoms with Gasteiger partial charge in [0, 0.05) is 0 Å². The molecule has 0 fully saturated rings. The summed E-state index contributed by atoms with van der Waals surface area (Å²) < 4.78 is 0. The van der Waals surface area contributed by atoms with Crippen molar-refractivity contribution in [3.05, 3.63) is 0 Å². The molecule has 1 atom stereocenters. The van der Waals surface area contributed by atoms with Gasteiger partial charge in [0.25, 0.3) is 0 Å². The summed E-state index contributed by atoms with van der Waals surface area (Å²) in [5.74, 6) is 4.96. The lowest BCUT2D eigenvalue weighted by atomic mass is 10.6. The van der Waals surface area contributed by atoms with Crippen molar-refractivity contribution in [3.63, 3.8) is 0 Å². The first-order chi connectivity index (χ1) is 3.18. The van der Waals surface area contributed by atoms with Gasteiger partial charge in [-0.05, 0) is 6.92 Å². The van der Waals surface area contributed by atoms with E-state index in [1.165, 1.54) is 0 Å². The second-order valence-electron chi connectivity index (χ2n) is 1.29. The molecule has 0 aliphatic heterocycles. The maximum absolute atomic E-state index is 9.67. The van der Waals surface area contributed by atoms with Gasteiger partial charge in [-0.25, -0.2) is 5.84 Å². The second kappa shape index (κ2) is 2.54. The van der Waals surface area contributed by atoms with Crippen molar-refractivity contribution in [3.8, 4) is 0 Å². The molecule has 4 N–H and O–H groups in total. The van der Waals surface area contributed by atoms with Crippen molar-refractivity contribution < 1.29 is 4.79 Å². The smallest absolute Gasteiger partial charge is 0.225 e. The lowest BCUT2D eigenvalue weighted by Gasteiger charge is -2.12. The van der Waals surface area contributed by atoms with Gasteiger partial charge in [0.2, 0.25) is 6.41 Å². The number of carbonyl (C=O) groups excluding carboxylic acids is 1. The molecule has 0 aliphatic rings. The second-order valence-corrected chi connectivity index (χ2v) is 1.29. The molecule has 0 aliphatic carbocycles. The van der Waals surface area contributed by atoms with Crippen LogP contribution < -0.4 is 11.6 Å². The van der Waals surface area contributed by atoms with E-state index in [4.69, 9.17) is 11.6 Å². The van der Waals surface area contributed by atoms with Crippen LogP contribution in [0.1, 0.15) is 6.92 Å². The van der Waals surface area contributed by atoms with Gasteiger partial charge in [-0.2, -0.15) is 0 Å². The zero-order valence-corrected chi connectivity index (χ0v) is 4.16. The fourth-order valence-electron chi connectivity index (χ4n) is 0.0960. The van der Waals surface area contributed by atoms with Crippen LogP contribution in [0.2, 0.25) is 0 Å². The Labute approximate surface area is 42.0 Å². The van der Waals surface area contributed by atoms with E-state index >= 15 is 0 Å². The first kappa shape index (κ1) is 6.39. The van der Waals surface area contributed by atoms with E-state index in [9.17, 15) is 4.79 Å². The highest BCUT2D eigenvalue weighted by molar-refractivity contribution is 5.45. The van der Waals surface area contributed by atoms with E-state index < -0.39 is 6.17 Å². The number of hydrogen-bond acceptors (Lipinski definition) is 3. The lowest BCUT2D eigenvalue weighted by molar-refractivity contribution is -0.120. The molecule has 0 rings (SSSR count). The molecule has 42 valence electrons. The van der Waals surface area contributed by atoms with Crippen molar-refractivity contribution in [1.82, 2.24) is 5.01 Å². The largest absolute Gasteiger partial charge is 0.310 e. The van der Waals surface area contributed by atoms with Crippen molar-refractivity contribution in [1.29, 1.82) is 0 Å². The SMILES string of the molecule is CC(N)N(N)C=O. The molecule has 0 radical (unpaired) electrons. The minimum absolute atomic E-state index is 0.391. The molecule has 0 aromatic carbocycles. The molecule has 1 unspecified atom stereocenters. The third-order valence-corrected chi connectivity index (χ3v) is 0.592. The highest BCUT2D eigenvalue weighted by Gasteiger charge is 1.95. The highest BCUT2D eigenvalue weighted by Crippen LogP contribution is 1.72. The van der Waals surface area contributed by atoms with Gasteiger partial charge < -0.3 is 5.73 Å². The Bertz CT molecular complexity index is 63.2. The van der Waals surface area contributed by atoms with Gasteiger partial charge in [-0.1, -0.05) is 0 Å². The highest BCUT2D eigenvalue weighted by atomic mass is 16.1. The summed E-state index contributed by atoms with van der Waals surface area (Å²) in [5.41, 5.74) is 5.12. The minimum atomic E-state index is -0.391. The van der Waals surface area contributed by atoms with Crippen LogP contribution in [0.15, 0.2) is 0 Å². The van der Waals surface area contributed by atoms with Crippen LogP contribution in [0.25, 0.3) is 0 Å². The number of nitrogens with two attached hydrogens (primary N) is 2. The number of hydrazine groups is 1. The maximum atomic E-state index is 9.67. The molecule has 0 bridgehead atoms. The molecule has 0 heterocycles. The molecule has 7 heavy (non-hydrogen) atoms. The fraction of sp³-hybridized carbons (Fsp3) is 0.667. The van der Waals surface area contributed by atoms with E-state index in [0.29, 0.717) is 6.41 Å². The van der Waals surface area contributed by atoms with Crippen LogP contribution in [-0.4, -0.2) is 17.6 Å². The quantitative estimate of drug-likeness (QED) is 0.149. The minimum Gasteiger partial charge on any atom is -0.310 e. The summed E-state index contributed by atoms with van der Waals surface area (Å²) in [6.45, 7) is 1.62. The normalized spacial score (nSPS) is 13.0. The number of amides is 1. The first-order valence-corrected chi connectivity index (χ1v) is 1.92. The van der Waals surface area contributed by atoms with Crippen LogP contribution in [0.4, 0.5) is 0 Å². The Hall–Kier alpha value is -0.610. The van der Waals surface area contributed by atoms with Crippen molar-refractivity contribution >= 4 is 6.41 Å². The Morgan fingerprint density at radius 1 is 1.86 bits per heavy atom. The summed E-state index contributed by atoms with van der Waals surface area (Å²) in [6, 6.07) is 0. The Morgan fingerprint density at radius 3 is 2.29 bits per heavy atom. The molecule has 0 aromatic rings. The monoisotopic (exact) mass is 103 g/mol. The third-order valence-electron chi connectivity index (χ3n) is 0.592. The maximum Gasteiger partial charge on any atom is 0.225 e. The Kier molecular flexibility index (Phi) is 2.32. The molecule has 0 spiro atoms. The summed E-state index contributed by atoms with van der Waals surface area (Å²) in [7, 11) is 0. The predicted molar refractivity (Wildman–Crippen MR) is 25.7 cm³/mol. The van der Waals surface area contributed by atoms with Crippen LogP contribution in [0, 0.1) is 0 Å². The summed E-state index contributed by atoms with van der Waals surface area (Å²) in [4.78, 5) is 9.67. The number of carbonyl (C=O) groups is 1. The summed E-state index contributed by atoms with van der Waals surface area (Å²) >= 11 is 0. The van der Waals surface area contributed by atoms with E-state index in [2.05, 4.69) is 0 Å². The Balaban J connectivity index is 3.33. The van der Waals surface area contributed by atoms with Gasteiger partial charge in [-0.3, -0.25) is 9.80 Å². The van der Waals surface area contributed by atoms with Crippen molar-refractivity contribution in [2.75, 3.05) is 0 Å². The number of hydrogen-bond donors (Lipinski definition) is 2. The van der Waals surface area contributed by atoms with Crippen molar-refractivity contribution in [2.24, 2.45) is 11.6 Å². The standard InChI is InChI=1S/C3H9N3O/c1-3(4)6(5)2-7/h2-3H,4-5H2,1H3. The topological polar surface area (TPSA) is 72.3 Å². The fourth-order valence-corrected chi connectivity index (χ4v) is 0.0960. The molecule has 0 saturated carbocycles. The van der Waals surface area contributed by atoms with Crippen LogP contribution in [-0.2, 0) is 4.79 Å². The van der Waals surface area contributed by atoms with E-state index in [0.717, 1.165) is 5.01 Å². The average molecular weight is 103 g/mol. The van der Waals surface area contributed by atoms with E-state index in [1.54, 1.807) is 6.92 Å². The number of nitrogens with zero attached hydrogens (tertiary/aromatic N) is 1. The predicted octanol–water partition coefficient (Wildman–Crippen LogP) is -1.38. The molecule has 4 heteroatoms. The number of rotatable bonds is 2. The average Bonchev–Trinajstić information content (AvgIpc) is 1.65. The summed E-state index contributed by atoms with van der Waals surface area (Å²) in [6.07, 6.45) is 0.0856. The Morgan fingerprint density at radius 2 is 2.29 bits per heavy atom. The van der Waals surface area contributed by atoms with Crippen LogP contribution >= 0.6 is 0 Å². The molecular formula is C3H9N3O. The van der Waals surface area contributed by atoms with Crippen molar-refractivity contribution in [2.45, 2.75) is 13.1 Å². The molecule has 1 amide bonds.